The number of nitrogens with one attached hydrogen (secondary N) is 1. The molecule has 0 aromatic carbocycles. The van der Waals surface area contributed by atoms with Gasteiger partial charge in [0.25, 0.3) is 0 Å². The minimum atomic E-state index is -4.00. The van der Waals surface area contributed by atoms with Crippen LogP contribution >= 0.6 is 0 Å². The summed E-state index contributed by atoms with van der Waals surface area (Å²) in [6.07, 6.45) is 1.68. The van der Waals surface area contributed by atoms with Crippen molar-refractivity contribution in [1.82, 2.24) is 5.32 Å². The van der Waals surface area contributed by atoms with Gasteiger partial charge in [-0.3, -0.25) is 0 Å². The van der Waals surface area contributed by atoms with E-state index in [-0.39, 0.29) is 6.42 Å². The van der Waals surface area contributed by atoms with Crippen molar-refractivity contribution < 1.29 is 13.2 Å². The summed E-state index contributed by atoms with van der Waals surface area (Å²) in [5.74, 6) is 0. The Hall–Kier alpha value is -0.250. The third-order valence-corrected chi connectivity index (χ3v) is 3.73. The van der Waals surface area contributed by atoms with Crippen LogP contribution < -0.4 is 5.32 Å². The van der Waals surface area contributed by atoms with Crippen molar-refractivity contribution in [3.05, 3.63) is 0 Å². The zero-order valence-electron chi connectivity index (χ0n) is 10.00. The molecule has 0 aliphatic heterocycles. The van der Waals surface area contributed by atoms with Gasteiger partial charge in [0.15, 0.2) is 0 Å². The maximum atomic E-state index is 11.9. The van der Waals surface area contributed by atoms with E-state index in [9.17, 15) is 13.2 Å². The standard InChI is InChI=1S/C12H22F3N/c1-2-11(6-3-4-7-11)10-16-9-5-8-12(13,14)15/h16H,2-10H2,1H3. The Kier molecular flexibility index (Phi) is 5.09. The molecule has 96 valence electrons. The van der Waals surface area contributed by atoms with Crippen LogP contribution in [0.25, 0.3) is 0 Å². The molecule has 4 heteroatoms. The van der Waals surface area contributed by atoms with Gasteiger partial charge in [0.2, 0.25) is 0 Å². The van der Waals surface area contributed by atoms with Crippen molar-refractivity contribution in [3.8, 4) is 0 Å². The topological polar surface area (TPSA) is 12.0 Å². The molecule has 1 rings (SSSR count). The summed E-state index contributed by atoms with van der Waals surface area (Å²) < 4.78 is 35.7. The molecule has 0 amide bonds. The molecule has 0 bridgehead atoms. The average molecular weight is 237 g/mol. The number of rotatable bonds is 6. The first kappa shape index (κ1) is 13.8. The Bertz CT molecular complexity index is 195. The highest BCUT2D eigenvalue weighted by atomic mass is 19.4. The van der Waals surface area contributed by atoms with E-state index in [0.29, 0.717) is 12.0 Å². The first-order chi connectivity index (χ1) is 7.47. The molecule has 0 saturated heterocycles. The van der Waals surface area contributed by atoms with Gasteiger partial charge < -0.3 is 5.32 Å². The highest BCUT2D eigenvalue weighted by molar-refractivity contribution is 4.85. The molecule has 1 aliphatic rings. The summed E-state index contributed by atoms with van der Waals surface area (Å²) >= 11 is 0. The van der Waals surface area contributed by atoms with Crippen LogP contribution in [-0.4, -0.2) is 19.3 Å². The lowest BCUT2D eigenvalue weighted by atomic mass is 9.83. The molecular formula is C12H22F3N. The van der Waals surface area contributed by atoms with Crippen molar-refractivity contribution >= 4 is 0 Å². The molecule has 0 spiro atoms. The minimum Gasteiger partial charge on any atom is -0.316 e. The summed E-state index contributed by atoms with van der Waals surface area (Å²) in [4.78, 5) is 0. The van der Waals surface area contributed by atoms with Crippen LogP contribution in [0.3, 0.4) is 0 Å². The van der Waals surface area contributed by atoms with Gasteiger partial charge in [0.05, 0.1) is 0 Å². The summed E-state index contributed by atoms with van der Waals surface area (Å²) in [6.45, 7) is 3.56. The zero-order valence-corrected chi connectivity index (χ0v) is 10.00. The zero-order chi connectivity index (χ0) is 12.1. The predicted octanol–water partition coefficient (Wildman–Crippen LogP) is 3.89. The van der Waals surface area contributed by atoms with Crippen molar-refractivity contribution in [1.29, 1.82) is 0 Å². The Morgan fingerprint density at radius 2 is 1.81 bits per heavy atom. The Morgan fingerprint density at radius 3 is 2.31 bits per heavy atom. The van der Waals surface area contributed by atoms with Crippen LogP contribution in [0.2, 0.25) is 0 Å². The monoisotopic (exact) mass is 237 g/mol. The van der Waals surface area contributed by atoms with E-state index < -0.39 is 12.6 Å². The molecule has 1 fully saturated rings. The molecule has 0 unspecified atom stereocenters. The highest BCUT2D eigenvalue weighted by Crippen LogP contribution is 2.40. The number of hydrogen-bond acceptors (Lipinski definition) is 1. The molecule has 1 saturated carbocycles. The average Bonchev–Trinajstić information content (AvgIpc) is 2.65. The molecule has 16 heavy (non-hydrogen) atoms. The van der Waals surface area contributed by atoms with E-state index in [1.807, 2.05) is 0 Å². The number of halogens is 3. The second-order valence-electron chi connectivity index (χ2n) is 4.96. The van der Waals surface area contributed by atoms with Crippen molar-refractivity contribution in [2.45, 2.75) is 58.0 Å². The van der Waals surface area contributed by atoms with E-state index in [1.54, 1.807) is 0 Å². The van der Waals surface area contributed by atoms with E-state index >= 15 is 0 Å². The number of hydrogen-bond donors (Lipinski definition) is 1. The molecular weight excluding hydrogens is 215 g/mol. The van der Waals surface area contributed by atoms with E-state index in [0.717, 1.165) is 13.0 Å². The lowest BCUT2D eigenvalue weighted by Gasteiger charge is -2.27. The molecule has 1 N–H and O–H groups in total. The van der Waals surface area contributed by atoms with Crippen molar-refractivity contribution in [2.75, 3.05) is 13.1 Å². The first-order valence-corrected chi connectivity index (χ1v) is 6.25. The third-order valence-electron chi connectivity index (χ3n) is 3.73. The van der Waals surface area contributed by atoms with Gasteiger partial charge in [-0.2, -0.15) is 13.2 Å². The molecule has 1 nitrogen and oxygen atoms in total. The summed E-state index contributed by atoms with van der Waals surface area (Å²) in [5, 5.41) is 3.19. The van der Waals surface area contributed by atoms with Gasteiger partial charge in [-0.1, -0.05) is 19.8 Å². The van der Waals surface area contributed by atoms with Crippen molar-refractivity contribution in [2.24, 2.45) is 5.41 Å². The molecule has 0 aromatic heterocycles. The summed E-state index contributed by atoms with van der Waals surface area (Å²) in [7, 11) is 0. The fraction of sp³-hybridized carbons (Fsp3) is 1.00. The van der Waals surface area contributed by atoms with Crippen LogP contribution in [0, 0.1) is 5.41 Å². The molecule has 0 atom stereocenters. The first-order valence-electron chi connectivity index (χ1n) is 6.25. The van der Waals surface area contributed by atoms with E-state index in [4.69, 9.17) is 0 Å². The van der Waals surface area contributed by atoms with Gasteiger partial charge in [-0.15, -0.1) is 0 Å². The number of alkyl halides is 3. The Morgan fingerprint density at radius 1 is 1.19 bits per heavy atom. The molecule has 0 heterocycles. The fourth-order valence-electron chi connectivity index (χ4n) is 2.55. The highest BCUT2D eigenvalue weighted by Gasteiger charge is 2.31. The van der Waals surface area contributed by atoms with Gasteiger partial charge in [0, 0.05) is 13.0 Å². The van der Waals surface area contributed by atoms with E-state index in [1.165, 1.54) is 25.7 Å². The Balaban J connectivity index is 2.10. The fourth-order valence-corrected chi connectivity index (χ4v) is 2.55. The summed E-state index contributed by atoms with van der Waals surface area (Å²) in [5.41, 5.74) is 0.373. The van der Waals surface area contributed by atoms with Crippen LogP contribution in [0.4, 0.5) is 13.2 Å². The van der Waals surface area contributed by atoms with Gasteiger partial charge in [-0.05, 0) is 37.6 Å². The Labute approximate surface area is 95.8 Å². The van der Waals surface area contributed by atoms with Crippen LogP contribution in [0.1, 0.15) is 51.9 Å². The lowest BCUT2D eigenvalue weighted by Crippen LogP contribution is -2.32. The SMILES string of the molecule is CCC1(CNCCCC(F)(F)F)CCCC1. The predicted molar refractivity (Wildman–Crippen MR) is 59.4 cm³/mol. The van der Waals surface area contributed by atoms with Gasteiger partial charge in [0.1, 0.15) is 0 Å². The van der Waals surface area contributed by atoms with Crippen LogP contribution in [0.15, 0.2) is 0 Å². The molecule has 0 aromatic rings. The maximum absolute atomic E-state index is 11.9. The van der Waals surface area contributed by atoms with Gasteiger partial charge in [-0.25, -0.2) is 0 Å². The quantitative estimate of drug-likeness (QED) is 0.691. The second-order valence-corrected chi connectivity index (χ2v) is 4.96. The van der Waals surface area contributed by atoms with Crippen molar-refractivity contribution in [3.63, 3.8) is 0 Å². The van der Waals surface area contributed by atoms with E-state index in [2.05, 4.69) is 12.2 Å². The molecule has 0 radical (unpaired) electrons. The van der Waals surface area contributed by atoms with Gasteiger partial charge >= 0.3 is 6.18 Å². The second kappa shape index (κ2) is 5.89. The normalized spacial score (nSPS) is 20.2. The molecule has 1 aliphatic carbocycles. The maximum Gasteiger partial charge on any atom is 0.389 e. The minimum absolute atomic E-state index is 0.198. The summed E-state index contributed by atoms with van der Waals surface area (Å²) in [6, 6.07) is 0. The third kappa shape index (κ3) is 4.73. The lowest BCUT2D eigenvalue weighted by molar-refractivity contribution is -0.135. The smallest absolute Gasteiger partial charge is 0.316 e. The largest absolute Gasteiger partial charge is 0.389 e. The van der Waals surface area contributed by atoms with Crippen LogP contribution in [0.5, 0.6) is 0 Å². The van der Waals surface area contributed by atoms with Crippen LogP contribution in [-0.2, 0) is 0 Å².